The molecule has 1 aliphatic rings. The fourth-order valence-corrected chi connectivity index (χ4v) is 2.85. The van der Waals surface area contributed by atoms with Crippen LogP contribution in [0.15, 0.2) is 30.3 Å². The van der Waals surface area contributed by atoms with Gasteiger partial charge in [0.2, 0.25) is 0 Å². The first-order valence-corrected chi connectivity index (χ1v) is 9.18. The highest BCUT2D eigenvalue weighted by Gasteiger charge is 2.24. The van der Waals surface area contributed by atoms with Crippen LogP contribution in [0.5, 0.6) is 0 Å². The monoisotopic (exact) mass is 296 g/mol. The molecule has 112 valence electrons. The summed E-state index contributed by atoms with van der Waals surface area (Å²) in [6.07, 6.45) is 3.81. The van der Waals surface area contributed by atoms with Crippen LogP contribution in [0.1, 0.15) is 24.4 Å². The van der Waals surface area contributed by atoms with Gasteiger partial charge < -0.3 is 5.32 Å². The van der Waals surface area contributed by atoms with E-state index in [0.29, 0.717) is 12.6 Å². The maximum Gasteiger partial charge on any atom is 0.148 e. The lowest BCUT2D eigenvalue weighted by Crippen LogP contribution is -2.36. The normalized spacial score (nSPS) is 17.4. The third-order valence-corrected chi connectivity index (χ3v) is 4.63. The van der Waals surface area contributed by atoms with Gasteiger partial charge in [-0.15, -0.1) is 0 Å². The number of benzene rings is 1. The van der Waals surface area contributed by atoms with Gasteiger partial charge in [0.1, 0.15) is 9.84 Å². The molecule has 2 rings (SSSR count). The van der Waals surface area contributed by atoms with E-state index in [1.165, 1.54) is 24.7 Å². The Morgan fingerprint density at radius 1 is 1.30 bits per heavy atom. The maximum atomic E-state index is 11.3. The molecule has 0 aliphatic heterocycles. The second kappa shape index (κ2) is 6.70. The zero-order valence-corrected chi connectivity index (χ0v) is 13.1. The van der Waals surface area contributed by atoms with Crippen LogP contribution in [0, 0.1) is 0 Å². The topological polar surface area (TPSA) is 49.4 Å². The average molecular weight is 296 g/mol. The predicted molar refractivity (Wildman–Crippen MR) is 82.5 cm³/mol. The summed E-state index contributed by atoms with van der Waals surface area (Å²) < 4.78 is 22.7. The lowest BCUT2D eigenvalue weighted by molar-refractivity contribution is 0.250. The third kappa shape index (κ3) is 5.23. The summed E-state index contributed by atoms with van der Waals surface area (Å²) in [5.41, 5.74) is 1.23. The summed E-state index contributed by atoms with van der Waals surface area (Å²) >= 11 is 0. The van der Waals surface area contributed by atoms with Gasteiger partial charge in [0.05, 0.1) is 5.75 Å². The van der Waals surface area contributed by atoms with Crippen LogP contribution in [0.2, 0.25) is 0 Å². The summed E-state index contributed by atoms with van der Waals surface area (Å²) in [6, 6.07) is 11.2. The molecule has 4 nitrogen and oxygen atoms in total. The van der Waals surface area contributed by atoms with E-state index in [1.54, 1.807) is 0 Å². The van der Waals surface area contributed by atoms with Gasteiger partial charge in [-0.2, -0.15) is 0 Å². The Labute approximate surface area is 122 Å². The summed E-state index contributed by atoms with van der Waals surface area (Å²) in [6.45, 7) is 1.43. The van der Waals surface area contributed by atoms with Crippen LogP contribution in [-0.2, 0) is 9.84 Å². The van der Waals surface area contributed by atoms with Crippen LogP contribution < -0.4 is 5.32 Å². The van der Waals surface area contributed by atoms with E-state index in [4.69, 9.17) is 0 Å². The highest BCUT2D eigenvalue weighted by Crippen LogP contribution is 2.23. The van der Waals surface area contributed by atoms with Gasteiger partial charge in [0.15, 0.2) is 0 Å². The minimum Gasteiger partial charge on any atom is -0.312 e. The second-order valence-corrected chi connectivity index (χ2v) is 7.98. The molecular formula is C15H24N2O2S. The van der Waals surface area contributed by atoms with Crippen molar-refractivity contribution in [1.29, 1.82) is 0 Å². The molecule has 1 fully saturated rings. The van der Waals surface area contributed by atoms with E-state index in [1.807, 2.05) is 25.2 Å². The second-order valence-electron chi connectivity index (χ2n) is 5.72. The van der Waals surface area contributed by atoms with Crippen molar-refractivity contribution in [3.63, 3.8) is 0 Å². The Morgan fingerprint density at radius 2 is 1.95 bits per heavy atom. The summed E-state index contributed by atoms with van der Waals surface area (Å²) in [5, 5.41) is 3.54. The van der Waals surface area contributed by atoms with E-state index >= 15 is 0 Å². The van der Waals surface area contributed by atoms with Gasteiger partial charge >= 0.3 is 0 Å². The molecule has 0 aromatic heterocycles. The van der Waals surface area contributed by atoms with Gasteiger partial charge in [-0.25, -0.2) is 8.42 Å². The fraction of sp³-hybridized carbons (Fsp3) is 0.600. The van der Waals surface area contributed by atoms with E-state index in [-0.39, 0.29) is 11.8 Å². The third-order valence-electron chi connectivity index (χ3n) is 3.71. The van der Waals surface area contributed by atoms with E-state index in [9.17, 15) is 8.42 Å². The molecule has 0 amide bonds. The standard InChI is InChI=1S/C15H24N2O2S/c1-17(10-11-20(2,18)19)15(12-16-14-8-9-14)13-6-4-3-5-7-13/h3-7,14-16H,8-12H2,1-2H3. The number of hydrogen-bond donors (Lipinski definition) is 1. The van der Waals surface area contributed by atoms with Gasteiger partial charge in [-0.3, -0.25) is 4.90 Å². The minimum absolute atomic E-state index is 0.205. The van der Waals surface area contributed by atoms with Crippen LogP contribution in [0.25, 0.3) is 0 Å². The highest BCUT2D eigenvalue weighted by molar-refractivity contribution is 7.90. The number of nitrogens with zero attached hydrogens (tertiary/aromatic N) is 1. The van der Waals surface area contributed by atoms with E-state index in [2.05, 4.69) is 22.3 Å². The van der Waals surface area contributed by atoms with Crippen LogP contribution in [-0.4, -0.2) is 51.5 Å². The molecule has 0 spiro atoms. The van der Waals surface area contributed by atoms with E-state index in [0.717, 1.165) is 6.54 Å². The molecule has 1 aromatic rings. The number of nitrogens with one attached hydrogen (secondary N) is 1. The van der Waals surface area contributed by atoms with Crippen molar-refractivity contribution >= 4 is 9.84 Å². The zero-order valence-electron chi connectivity index (χ0n) is 12.2. The Hall–Kier alpha value is -0.910. The Morgan fingerprint density at radius 3 is 2.50 bits per heavy atom. The summed E-state index contributed by atoms with van der Waals surface area (Å²) in [7, 11) is -0.918. The molecule has 20 heavy (non-hydrogen) atoms. The molecule has 0 radical (unpaired) electrons. The largest absolute Gasteiger partial charge is 0.312 e. The number of hydrogen-bond acceptors (Lipinski definition) is 4. The summed E-state index contributed by atoms with van der Waals surface area (Å²) in [5.74, 6) is 0.205. The predicted octanol–water partition coefficient (Wildman–Crippen LogP) is 1.46. The molecule has 0 bridgehead atoms. The smallest absolute Gasteiger partial charge is 0.148 e. The highest BCUT2D eigenvalue weighted by atomic mass is 32.2. The number of sulfone groups is 1. The average Bonchev–Trinajstić information content (AvgIpc) is 3.21. The lowest BCUT2D eigenvalue weighted by Gasteiger charge is -2.28. The molecule has 1 aromatic carbocycles. The Kier molecular flexibility index (Phi) is 5.18. The molecule has 1 atom stereocenters. The first-order valence-electron chi connectivity index (χ1n) is 7.12. The van der Waals surface area contributed by atoms with Crippen molar-refractivity contribution in [1.82, 2.24) is 10.2 Å². The molecular weight excluding hydrogens is 272 g/mol. The van der Waals surface area contributed by atoms with Crippen LogP contribution >= 0.6 is 0 Å². The Balaban J connectivity index is 2.00. The fourth-order valence-electron chi connectivity index (χ4n) is 2.23. The van der Waals surface area contributed by atoms with Gasteiger partial charge in [-0.05, 0) is 25.5 Å². The van der Waals surface area contributed by atoms with Gasteiger partial charge in [0.25, 0.3) is 0 Å². The first kappa shape index (κ1) is 15.5. The van der Waals surface area contributed by atoms with Crippen LogP contribution in [0.3, 0.4) is 0 Å². The molecule has 0 saturated heterocycles. The minimum atomic E-state index is -2.92. The number of rotatable bonds is 8. The quantitative estimate of drug-likeness (QED) is 0.789. The molecule has 1 N–H and O–H groups in total. The van der Waals surface area contributed by atoms with Gasteiger partial charge in [0, 0.05) is 31.4 Å². The molecule has 1 unspecified atom stereocenters. The maximum absolute atomic E-state index is 11.3. The van der Waals surface area contributed by atoms with Crippen LogP contribution in [0.4, 0.5) is 0 Å². The van der Waals surface area contributed by atoms with Gasteiger partial charge in [-0.1, -0.05) is 30.3 Å². The molecule has 1 saturated carbocycles. The van der Waals surface area contributed by atoms with Crippen molar-refractivity contribution < 1.29 is 8.42 Å². The van der Waals surface area contributed by atoms with Crippen molar-refractivity contribution in [2.24, 2.45) is 0 Å². The van der Waals surface area contributed by atoms with Crippen molar-refractivity contribution in [3.05, 3.63) is 35.9 Å². The zero-order chi connectivity index (χ0) is 14.6. The SMILES string of the molecule is CN(CCS(C)(=O)=O)C(CNC1CC1)c1ccccc1. The molecule has 1 aliphatic carbocycles. The molecule has 5 heteroatoms. The number of likely N-dealkylation sites (N-methyl/N-ethyl adjacent to an activating group) is 1. The lowest BCUT2D eigenvalue weighted by atomic mass is 10.1. The molecule has 0 heterocycles. The van der Waals surface area contributed by atoms with E-state index < -0.39 is 9.84 Å². The first-order chi connectivity index (χ1) is 9.46. The summed E-state index contributed by atoms with van der Waals surface area (Å²) in [4.78, 5) is 2.13. The van der Waals surface area contributed by atoms with Crippen molar-refractivity contribution in [2.45, 2.75) is 24.9 Å². The van der Waals surface area contributed by atoms with Crippen molar-refractivity contribution in [2.75, 3.05) is 32.1 Å². The van der Waals surface area contributed by atoms with Crippen molar-refractivity contribution in [3.8, 4) is 0 Å². The Bertz CT molecular complexity index is 512.